The highest BCUT2D eigenvalue weighted by atomic mass is 16.2. The van der Waals surface area contributed by atoms with E-state index < -0.39 is 0 Å². The predicted molar refractivity (Wildman–Crippen MR) is 75.8 cm³/mol. The van der Waals surface area contributed by atoms with E-state index in [-0.39, 0.29) is 17.1 Å². The topological polar surface area (TPSA) is 26.8 Å². The number of nitrogens with zero attached hydrogens (tertiary/aromatic N) is 3. The molecule has 1 saturated heterocycles. The molecule has 0 spiro atoms. The zero-order valence-electron chi connectivity index (χ0n) is 13.2. The Hall–Kier alpha value is -0.770. The van der Waals surface area contributed by atoms with Crippen LogP contribution in [0.25, 0.3) is 0 Å². The van der Waals surface area contributed by atoms with Crippen LogP contribution in [-0.2, 0) is 0 Å². The number of amides is 2. The first kappa shape index (κ1) is 15.3. The minimum atomic E-state index is 0.0937. The Morgan fingerprint density at radius 2 is 1.44 bits per heavy atom. The fraction of sp³-hybridized carbons (Fsp3) is 0.929. The Balaban J connectivity index is 2.90. The van der Waals surface area contributed by atoms with E-state index in [2.05, 4.69) is 39.6 Å². The van der Waals surface area contributed by atoms with Crippen LogP contribution in [0.2, 0.25) is 0 Å². The Labute approximate surface area is 112 Å². The van der Waals surface area contributed by atoms with Gasteiger partial charge >= 0.3 is 6.03 Å². The van der Waals surface area contributed by atoms with E-state index in [0.29, 0.717) is 6.04 Å². The highest BCUT2D eigenvalue weighted by Crippen LogP contribution is 2.38. The molecule has 106 valence electrons. The molecule has 2 amide bonds. The maximum Gasteiger partial charge on any atom is 0.319 e. The van der Waals surface area contributed by atoms with Crippen molar-refractivity contribution in [1.29, 1.82) is 0 Å². The van der Waals surface area contributed by atoms with Crippen LogP contribution in [0.5, 0.6) is 0 Å². The molecule has 1 heterocycles. The number of piperidine rings is 1. The van der Waals surface area contributed by atoms with Gasteiger partial charge in [-0.2, -0.15) is 0 Å². The summed E-state index contributed by atoms with van der Waals surface area (Å²) in [6.07, 6.45) is 2.03. The van der Waals surface area contributed by atoms with Crippen molar-refractivity contribution in [3.8, 4) is 0 Å². The molecule has 0 unspecified atom stereocenters. The first-order valence-corrected chi connectivity index (χ1v) is 6.67. The van der Waals surface area contributed by atoms with Gasteiger partial charge in [-0.1, -0.05) is 0 Å². The molecular weight excluding hydrogens is 226 g/mol. The van der Waals surface area contributed by atoms with Gasteiger partial charge in [-0.25, -0.2) is 4.79 Å². The van der Waals surface area contributed by atoms with Crippen molar-refractivity contribution in [1.82, 2.24) is 14.7 Å². The van der Waals surface area contributed by atoms with Gasteiger partial charge in [-0.05, 0) is 47.6 Å². The molecule has 0 aromatic carbocycles. The van der Waals surface area contributed by atoms with Crippen molar-refractivity contribution >= 4 is 6.03 Å². The predicted octanol–water partition coefficient (Wildman–Crippen LogP) is 2.25. The van der Waals surface area contributed by atoms with Crippen molar-refractivity contribution in [2.24, 2.45) is 0 Å². The molecule has 4 heteroatoms. The number of urea groups is 1. The quantitative estimate of drug-likeness (QED) is 0.718. The number of hydrogen-bond donors (Lipinski definition) is 0. The monoisotopic (exact) mass is 255 g/mol. The molecule has 0 atom stereocenters. The summed E-state index contributed by atoms with van der Waals surface area (Å²) in [5, 5.41) is 0. The van der Waals surface area contributed by atoms with Crippen LogP contribution in [-0.4, -0.2) is 66.0 Å². The zero-order valence-corrected chi connectivity index (χ0v) is 13.2. The van der Waals surface area contributed by atoms with Gasteiger partial charge in [0.2, 0.25) is 0 Å². The van der Waals surface area contributed by atoms with Crippen molar-refractivity contribution in [3.63, 3.8) is 0 Å². The van der Waals surface area contributed by atoms with Gasteiger partial charge in [0.15, 0.2) is 0 Å². The van der Waals surface area contributed by atoms with Crippen LogP contribution >= 0.6 is 0 Å². The SMILES string of the molecule is CN(C)C(=O)N(C)C1CC(C)(C)N(C)C(C)(C)C1. The zero-order chi connectivity index (χ0) is 14.3. The summed E-state index contributed by atoms with van der Waals surface area (Å²) >= 11 is 0. The van der Waals surface area contributed by atoms with Crippen LogP contribution in [0.3, 0.4) is 0 Å². The van der Waals surface area contributed by atoms with Crippen LogP contribution < -0.4 is 0 Å². The molecule has 1 aliphatic rings. The maximum absolute atomic E-state index is 12.1. The highest BCUT2D eigenvalue weighted by molar-refractivity contribution is 5.73. The molecule has 4 nitrogen and oxygen atoms in total. The molecule has 0 N–H and O–H groups in total. The first-order chi connectivity index (χ1) is 7.99. The minimum Gasteiger partial charge on any atom is -0.331 e. The summed E-state index contributed by atoms with van der Waals surface area (Å²) in [5.41, 5.74) is 0.237. The highest BCUT2D eigenvalue weighted by Gasteiger charge is 2.44. The molecule has 1 fully saturated rings. The molecule has 0 aromatic heterocycles. The Morgan fingerprint density at radius 1 is 1.06 bits per heavy atom. The number of rotatable bonds is 1. The lowest BCUT2D eigenvalue weighted by Crippen LogP contribution is -2.63. The van der Waals surface area contributed by atoms with Crippen LogP contribution in [0.15, 0.2) is 0 Å². The van der Waals surface area contributed by atoms with E-state index in [9.17, 15) is 4.79 Å². The molecule has 1 rings (SSSR count). The van der Waals surface area contributed by atoms with Crippen LogP contribution in [0, 0.1) is 0 Å². The van der Waals surface area contributed by atoms with Gasteiger partial charge < -0.3 is 9.80 Å². The van der Waals surface area contributed by atoms with Crippen molar-refractivity contribution < 1.29 is 4.79 Å². The fourth-order valence-electron chi connectivity index (χ4n) is 3.06. The lowest BCUT2D eigenvalue weighted by atomic mass is 9.77. The summed E-state index contributed by atoms with van der Waals surface area (Å²) < 4.78 is 0. The smallest absolute Gasteiger partial charge is 0.319 e. The minimum absolute atomic E-state index is 0.0937. The second-order valence-electron chi connectivity index (χ2n) is 7.03. The van der Waals surface area contributed by atoms with E-state index in [4.69, 9.17) is 0 Å². The van der Waals surface area contributed by atoms with Gasteiger partial charge in [0.25, 0.3) is 0 Å². The third kappa shape index (κ3) is 2.79. The first-order valence-electron chi connectivity index (χ1n) is 6.67. The summed E-state index contributed by atoms with van der Waals surface area (Å²) in [6, 6.07) is 0.400. The average molecular weight is 255 g/mol. The average Bonchev–Trinajstić information content (AvgIpc) is 2.22. The normalized spacial score (nSPS) is 23.8. The number of carbonyl (C=O) groups excluding carboxylic acids is 1. The molecule has 0 saturated carbocycles. The van der Waals surface area contributed by atoms with E-state index in [0.717, 1.165) is 12.8 Å². The van der Waals surface area contributed by atoms with E-state index >= 15 is 0 Å². The summed E-state index contributed by atoms with van der Waals surface area (Å²) in [7, 11) is 7.72. The molecule has 0 bridgehead atoms. The third-order valence-corrected chi connectivity index (χ3v) is 4.52. The molecular formula is C14H29N3O. The molecule has 0 aromatic rings. The molecule has 18 heavy (non-hydrogen) atoms. The van der Waals surface area contributed by atoms with Gasteiger partial charge in [-0.3, -0.25) is 4.90 Å². The van der Waals surface area contributed by atoms with Gasteiger partial charge in [-0.15, -0.1) is 0 Å². The molecule has 0 aliphatic carbocycles. The van der Waals surface area contributed by atoms with Crippen molar-refractivity contribution in [2.75, 3.05) is 28.2 Å². The Morgan fingerprint density at radius 3 is 1.78 bits per heavy atom. The Bertz CT molecular complexity index is 305. The van der Waals surface area contributed by atoms with E-state index in [1.54, 1.807) is 4.90 Å². The largest absolute Gasteiger partial charge is 0.331 e. The van der Waals surface area contributed by atoms with Gasteiger partial charge in [0.1, 0.15) is 0 Å². The Kier molecular flexibility index (Phi) is 4.01. The third-order valence-electron chi connectivity index (χ3n) is 4.52. The molecule has 0 radical (unpaired) electrons. The second kappa shape index (κ2) is 4.72. The van der Waals surface area contributed by atoms with Crippen molar-refractivity contribution in [2.45, 2.75) is 57.7 Å². The summed E-state index contributed by atoms with van der Waals surface area (Å²) in [6.45, 7) is 9.04. The second-order valence-corrected chi connectivity index (χ2v) is 7.03. The van der Waals surface area contributed by atoms with Gasteiger partial charge in [0, 0.05) is 38.3 Å². The lowest BCUT2D eigenvalue weighted by Gasteiger charge is -2.55. The standard InChI is InChI=1S/C14H29N3O/c1-13(2)9-11(10-14(3,4)17(13)8)16(7)12(18)15(5)6/h11H,9-10H2,1-8H3. The summed E-state index contributed by atoms with van der Waals surface area (Å²) in [5.74, 6) is 0. The number of hydrogen-bond acceptors (Lipinski definition) is 2. The van der Waals surface area contributed by atoms with E-state index in [1.165, 1.54) is 0 Å². The molecule has 1 aliphatic heterocycles. The van der Waals surface area contributed by atoms with Crippen LogP contribution in [0.4, 0.5) is 4.79 Å². The lowest BCUT2D eigenvalue weighted by molar-refractivity contribution is -0.0363. The van der Waals surface area contributed by atoms with E-state index in [1.807, 2.05) is 26.0 Å². The van der Waals surface area contributed by atoms with Gasteiger partial charge in [0.05, 0.1) is 0 Å². The van der Waals surface area contributed by atoms with Crippen LogP contribution in [0.1, 0.15) is 40.5 Å². The number of likely N-dealkylation sites (tertiary alicyclic amines) is 1. The number of carbonyl (C=O) groups is 1. The van der Waals surface area contributed by atoms with Crippen molar-refractivity contribution in [3.05, 3.63) is 0 Å². The maximum atomic E-state index is 12.1. The fourth-order valence-corrected chi connectivity index (χ4v) is 3.06. The summed E-state index contributed by atoms with van der Waals surface area (Å²) in [4.78, 5) is 18.1.